The summed E-state index contributed by atoms with van der Waals surface area (Å²) in [6.07, 6.45) is -2.94. The van der Waals surface area contributed by atoms with Gasteiger partial charge in [-0.1, -0.05) is 67.9 Å². The van der Waals surface area contributed by atoms with Crippen molar-refractivity contribution in [1.29, 1.82) is 0 Å². The Bertz CT molecular complexity index is 868. The van der Waals surface area contributed by atoms with E-state index in [-0.39, 0.29) is 6.04 Å². The number of carbonyl (C=O) groups excluding carboxylic acids is 2. The van der Waals surface area contributed by atoms with Crippen molar-refractivity contribution in [2.75, 3.05) is 6.54 Å². The SMILES string of the molecule is CC.Cc1cccc(C(C)NC(=O)C(O)C(O)C(=O)N2CCc3ccccc3C2)c1. The van der Waals surface area contributed by atoms with Crippen LogP contribution in [0.25, 0.3) is 0 Å². The predicted octanol–water partition coefficient (Wildman–Crippen LogP) is 2.51. The molecule has 0 aromatic heterocycles. The molecule has 0 fully saturated rings. The molecule has 0 aliphatic carbocycles. The molecule has 3 N–H and O–H groups in total. The molecule has 2 aromatic rings. The molecule has 0 saturated carbocycles. The average molecular weight is 413 g/mol. The standard InChI is InChI=1S/C22H26N2O4.C2H6/c1-14-6-5-9-17(12-14)15(2)23-21(27)19(25)20(26)22(28)24-11-10-16-7-3-4-8-18(16)13-24;1-2/h3-9,12,15,19-20,25-26H,10-11,13H2,1-2H3,(H,23,27);1-2H3. The third-order valence-corrected chi connectivity index (χ3v) is 5.16. The minimum atomic E-state index is -1.82. The first-order chi connectivity index (χ1) is 14.4. The first kappa shape index (κ1) is 23.6. The number of aryl methyl sites for hydroxylation is 1. The van der Waals surface area contributed by atoms with E-state index >= 15 is 0 Å². The number of hydrogen-bond donors (Lipinski definition) is 3. The number of nitrogens with one attached hydrogen (secondary N) is 1. The summed E-state index contributed by atoms with van der Waals surface area (Å²) in [6.45, 7) is 8.54. The third-order valence-electron chi connectivity index (χ3n) is 5.16. The zero-order valence-electron chi connectivity index (χ0n) is 18.1. The van der Waals surface area contributed by atoms with E-state index in [2.05, 4.69) is 5.32 Å². The van der Waals surface area contributed by atoms with E-state index < -0.39 is 24.0 Å². The quantitative estimate of drug-likeness (QED) is 0.704. The zero-order chi connectivity index (χ0) is 22.3. The number of amides is 2. The molecule has 2 amide bonds. The summed E-state index contributed by atoms with van der Waals surface area (Å²) in [5.74, 6) is -1.41. The molecule has 0 spiro atoms. The van der Waals surface area contributed by atoms with Gasteiger partial charge in [0.05, 0.1) is 6.04 Å². The molecule has 1 heterocycles. The highest BCUT2D eigenvalue weighted by Crippen LogP contribution is 2.20. The van der Waals surface area contributed by atoms with Crippen LogP contribution in [-0.4, -0.2) is 45.7 Å². The molecule has 0 saturated heterocycles. The second kappa shape index (κ2) is 10.9. The smallest absolute Gasteiger partial charge is 0.255 e. The molecule has 6 heteroatoms. The van der Waals surface area contributed by atoms with Gasteiger partial charge in [0, 0.05) is 13.1 Å². The van der Waals surface area contributed by atoms with E-state index in [1.807, 2.05) is 69.3 Å². The fourth-order valence-corrected chi connectivity index (χ4v) is 3.47. The van der Waals surface area contributed by atoms with Crippen molar-refractivity contribution in [3.05, 3.63) is 70.8 Å². The monoisotopic (exact) mass is 412 g/mol. The lowest BCUT2D eigenvalue weighted by molar-refractivity contribution is -0.154. The van der Waals surface area contributed by atoms with Crippen molar-refractivity contribution in [1.82, 2.24) is 10.2 Å². The zero-order valence-corrected chi connectivity index (χ0v) is 18.1. The Morgan fingerprint density at radius 3 is 2.33 bits per heavy atom. The number of nitrogens with zero attached hydrogens (tertiary/aromatic N) is 1. The topological polar surface area (TPSA) is 89.9 Å². The fourth-order valence-electron chi connectivity index (χ4n) is 3.47. The van der Waals surface area contributed by atoms with E-state index in [0.717, 1.165) is 16.7 Å². The van der Waals surface area contributed by atoms with E-state index in [9.17, 15) is 19.8 Å². The molecule has 2 aromatic carbocycles. The lowest BCUT2D eigenvalue weighted by Gasteiger charge is -2.31. The van der Waals surface area contributed by atoms with Gasteiger partial charge in [0.25, 0.3) is 11.8 Å². The van der Waals surface area contributed by atoms with Gasteiger partial charge >= 0.3 is 0 Å². The molecule has 162 valence electrons. The number of rotatable bonds is 5. The number of fused-ring (bicyclic) bond motifs is 1. The summed E-state index contributed by atoms with van der Waals surface area (Å²) in [7, 11) is 0. The molecule has 6 nitrogen and oxygen atoms in total. The van der Waals surface area contributed by atoms with Gasteiger partial charge in [0.2, 0.25) is 0 Å². The molecule has 3 atom stereocenters. The number of carbonyl (C=O) groups is 2. The molecular weight excluding hydrogens is 380 g/mol. The first-order valence-electron chi connectivity index (χ1n) is 10.5. The Labute approximate surface area is 178 Å². The number of benzene rings is 2. The van der Waals surface area contributed by atoms with Gasteiger partial charge < -0.3 is 20.4 Å². The third kappa shape index (κ3) is 5.68. The highest BCUT2D eigenvalue weighted by atomic mass is 16.3. The minimum Gasteiger partial charge on any atom is -0.380 e. The Kier molecular flexibility index (Phi) is 8.57. The summed E-state index contributed by atoms with van der Waals surface area (Å²) < 4.78 is 0. The van der Waals surface area contributed by atoms with Gasteiger partial charge in [0.15, 0.2) is 12.2 Å². The first-order valence-corrected chi connectivity index (χ1v) is 10.5. The van der Waals surface area contributed by atoms with Crippen LogP contribution in [0.4, 0.5) is 0 Å². The van der Waals surface area contributed by atoms with Gasteiger partial charge in [0.1, 0.15) is 0 Å². The van der Waals surface area contributed by atoms with E-state index in [1.54, 1.807) is 6.92 Å². The van der Waals surface area contributed by atoms with Crippen LogP contribution in [-0.2, 0) is 22.6 Å². The van der Waals surface area contributed by atoms with Gasteiger partial charge in [-0.25, -0.2) is 0 Å². The van der Waals surface area contributed by atoms with Gasteiger partial charge in [-0.2, -0.15) is 0 Å². The average Bonchev–Trinajstić information content (AvgIpc) is 2.78. The van der Waals surface area contributed by atoms with Crippen LogP contribution >= 0.6 is 0 Å². The van der Waals surface area contributed by atoms with Crippen molar-refractivity contribution < 1.29 is 19.8 Å². The molecule has 3 unspecified atom stereocenters. The molecular formula is C24H32N2O4. The lowest BCUT2D eigenvalue weighted by Crippen LogP contribution is -2.51. The molecule has 1 aliphatic rings. The summed E-state index contributed by atoms with van der Waals surface area (Å²) in [6, 6.07) is 15.1. The van der Waals surface area contributed by atoms with Crippen LogP contribution in [0, 0.1) is 6.92 Å². The Hall–Kier alpha value is -2.70. The van der Waals surface area contributed by atoms with Crippen LogP contribution in [0.15, 0.2) is 48.5 Å². The Balaban J connectivity index is 0.00000155. The van der Waals surface area contributed by atoms with Crippen molar-refractivity contribution >= 4 is 11.8 Å². The van der Waals surface area contributed by atoms with Crippen LogP contribution in [0.2, 0.25) is 0 Å². The van der Waals surface area contributed by atoms with Crippen molar-refractivity contribution in [3.63, 3.8) is 0 Å². The number of hydrogen-bond acceptors (Lipinski definition) is 4. The lowest BCUT2D eigenvalue weighted by atomic mass is 9.99. The minimum absolute atomic E-state index is 0.355. The molecule has 30 heavy (non-hydrogen) atoms. The maximum Gasteiger partial charge on any atom is 0.255 e. The van der Waals surface area contributed by atoms with Crippen LogP contribution < -0.4 is 5.32 Å². The maximum absolute atomic E-state index is 12.6. The van der Waals surface area contributed by atoms with Gasteiger partial charge in [-0.3, -0.25) is 9.59 Å². The fraction of sp³-hybridized carbons (Fsp3) is 0.417. The normalized spacial score (nSPS) is 15.7. The summed E-state index contributed by atoms with van der Waals surface area (Å²) in [5, 5.41) is 23.2. The highest BCUT2D eigenvalue weighted by Gasteiger charge is 2.35. The Morgan fingerprint density at radius 1 is 1.00 bits per heavy atom. The summed E-state index contributed by atoms with van der Waals surface area (Å²) in [5.41, 5.74) is 4.13. The van der Waals surface area contributed by atoms with E-state index in [4.69, 9.17) is 0 Å². The Morgan fingerprint density at radius 2 is 1.67 bits per heavy atom. The molecule has 0 radical (unpaired) electrons. The maximum atomic E-state index is 12.6. The highest BCUT2D eigenvalue weighted by molar-refractivity contribution is 5.91. The summed E-state index contributed by atoms with van der Waals surface area (Å²) >= 11 is 0. The van der Waals surface area contributed by atoms with Gasteiger partial charge in [-0.15, -0.1) is 0 Å². The second-order valence-corrected chi connectivity index (χ2v) is 7.31. The largest absolute Gasteiger partial charge is 0.380 e. The van der Waals surface area contributed by atoms with Crippen LogP contribution in [0.3, 0.4) is 0 Å². The van der Waals surface area contributed by atoms with Crippen LogP contribution in [0.5, 0.6) is 0 Å². The van der Waals surface area contributed by atoms with E-state index in [1.165, 1.54) is 10.5 Å². The van der Waals surface area contributed by atoms with Crippen LogP contribution in [0.1, 0.15) is 49.1 Å². The van der Waals surface area contributed by atoms with E-state index in [0.29, 0.717) is 19.5 Å². The predicted molar refractivity (Wildman–Crippen MR) is 117 cm³/mol. The van der Waals surface area contributed by atoms with Crippen molar-refractivity contribution in [3.8, 4) is 0 Å². The van der Waals surface area contributed by atoms with Crippen molar-refractivity contribution in [2.45, 2.75) is 58.9 Å². The number of aliphatic hydroxyl groups is 2. The van der Waals surface area contributed by atoms with Gasteiger partial charge in [-0.05, 0) is 37.0 Å². The molecule has 0 bridgehead atoms. The second-order valence-electron chi connectivity index (χ2n) is 7.31. The number of aliphatic hydroxyl groups excluding tert-OH is 2. The summed E-state index contributed by atoms with van der Waals surface area (Å²) in [4.78, 5) is 26.4. The molecule has 1 aliphatic heterocycles. The molecule has 3 rings (SSSR count). The van der Waals surface area contributed by atoms with Crippen molar-refractivity contribution in [2.24, 2.45) is 0 Å².